The van der Waals surface area contributed by atoms with Gasteiger partial charge in [-0.1, -0.05) is 0 Å². The van der Waals surface area contributed by atoms with Crippen molar-refractivity contribution in [2.24, 2.45) is 0 Å². The predicted molar refractivity (Wildman–Crippen MR) is 44.1 cm³/mol. The van der Waals surface area contributed by atoms with E-state index in [4.69, 9.17) is 23.7 Å². The third-order valence-corrected chi connectivity index (χ3v) is 1.34. The van der Waals surface area contributed by atoms with Crippen molar-refractivity contribution in [3.05, 3.63) is 25.5 Å². The summed E-state index contributed by atoms with van der Waals surface area (Å²) >= 11 is 0. The molecule has 73 valence electrons. The van der Waals surface area contributed by atoms with Crippen molar-refractivity contribution in [1.29, 1.82) is 10.5 Å². The Kier molecular flexibility index (Phi) is 18.4. The molecule has 0 saturated heterocycles. The van der Waals surface area contributed by atoms with E-state index in [9.17, 15) is 0 Å². The van der Waals surface area contributed by atoms with Crippen LogP contribution >= 0.6 is 0 Å². The van der Waals surface area contributed by atoms with Crippen LogP contribution in [0.25, 0.3) is 0 Å². The second-order valence-electron chi connectivity index (χ2n) is 2.10. The van der Waals surface area contributed by atoms with Crippen LogP contribution in [0, 0.1) is 23.7 Å². The first-order chi connectivity index (χ1) is 5.83. The molecule has 0 aliphatic carbocycles. The van der Waals surface area contributed by atoms with Crippen LogP contribution in [-0.4, -0.2) is 30.1 Å². The zero-order valence-electron chi connectivity index (χ0n) is 7.69. The molecule has 4 nitrogen and oxygen atoms in total. The molecule has 0 bridgehead atoms. The van der Waals surface area contributed by atoms with Gasteiger partial charge in [-0.05, 0) is 6.92 Å². The Morgan fingerprint density at radius 1 is 1.23 bits per heavy atom. The van der Waals surface area contributed by atoms with Crippen molar-refractivity contribution >= 4 is 0 Å². The number of rotatable bonds is 1. The molecule has 0 saturated carbocycles. The van der Waals surface area contributed by atoms with E-state index in [1.165, 1.54) is 0 Å². The Bertz CT molecular complexity index is 158. The van der Waals surface area contributed by atoms with E-state index in [0.29, 0.717) is 0 Å². The standard InChI is InChI=1S/C6H12N2.2CN.Co/c1-3-8-5-4-7(2)6-8;2*1-2;/h4-5H,3,6H2,1-2H3;;;/q;2*-1;+2. The van der Waals surface area contributed by atoms with Gasteiger partial charge in [-0.15, -0.1) is 0 Å². The van der Waals surface area contributed by atoms with Crippen LogP contribution in [0.2, 0.25) is 0 Å². The van der Waals surface area contributed by atoms with E-state index in [1.54, 1.807) is 0 Å². The molecule has 0 N–H and O–H groups in total. The van der Waals surface area contributed by atoms with Crippen molar-refractivity contribution < 1.29 is 16.8 Å². The molecule has 1 rings (SSSR count). The van der Waals surface area contributed by atoms with Crippen molar-refractivity contribution in [3.8, 4) is 0 Å². The Balaban J connectivity index is -0.000000178. The molecule has 1 aliphatic heterocycles. The number of nitrogens with zero attached hydrogens (tertiary/aromatic N) is 4. The zero-order chi connectivity index (χ0) is 9.98. The maximum Gasteiger partial charge on any atom is 2.00 e. The first-order valence-corrected chi connectivity index (χ1v) is 3.40. The van der Waals surface area contributed by atoms with E-state index in [2.05, 4.69) is 36.2 Å². The largest absolute Gasteiger partial charge is 2.00 e. The zero-order valence-corrected chi connectivity index (χ0v) is 8.73. The van der Waals surface area contributed by atoms with E-state index >= 15 is 0 Å². The first-order valence-electron chi connectivity index (χ1n) is 3.40. The summed E-state index contributed by atoms with van der Waals surface area (Å²) in [5, 5.41) is 12.5. The van der Waals surface area contributed by atoms with E-state index in [-0.39, 0.29) is 16.8 Å². The number of hydrogen-bond donors (Lipinski definition) is 0. The van der Waals surface area contributed by atoms with Gasteiger partial charge in [0.25, 0.3) is 0 Å². The van der Waals surface area contributed by atoms with E-state index in [1.807, 2.05) is 0 Å². The molecule has 1 heterocycles. The Morgan fingerprint density at radius 3 is 1.85 bits per heavy atom. The second-order valence-corrected chi connectivity index (χ2v) is 2.10. The summed E-state index contributed by atoms with van der Waals surface area (Å²) in [4.78, 5) is 4.41. The van der Waals surface area contributed by atoms with Crippen LogP contribution in [0.1, 0.15) is 6.92 Å². The average molecular weight is 223 g/mol. The smallest absolute Gasteiger partial charge is 0.512 e. The van der Waals surface area contributed by atoms with Gasteiger partial charge >= 0.3 is 16.8 Å². The van der Waals surface area contributed by atoms with Gasteiger partial charge in [-0.2, -0.15) is 0 Å². The molecular formula is C8H12CoN4. The van der Waals surface area contributed by atoms with Crippen LogP contribution in [0.3, 0.4) is 0 Å². The Hall–Kier alpha value is -1.17. The molecule has 0 amide bonds. The quantitative estimate of drug-likeness (QED) is 0.619. The average Bonchev–Trinajstić information content (AvgIpc) is 2.58. The fraction of sp³-hybridized carbons (Fsp3) is 0.500. The van der Waals surface area contributed by atoms with Gasteiger partial charge in [-0.25, -0.2) is 0 Å². The van der Waals surface area contributed by atoms with Crippen LogP contribution in [0.4, 0.5) is 0 Å². The normalized spacial score (nSPS) is 11.5. The van der Waals surface area contributed by atoms with Crippen LogP contribution in [-0.2, 0) is 16.8 Å². The minimum Gasteiger partial charge on any atom is -0.512 e. The fourth-order valence-corrected chi connectivity index (χ4v) is 0.794. The monoisotopic (exact) mass is 223 g/mol. The molecule has 13 heavy (non-hydrogen) atoms. The maximum atomic E-state index is 6.25. The van der Waals surface area contributed by atoms with Gasteiger partial charge in [0.1, 0.15) is 0 Å². The SMILES string of the molecule is CCN1C=CN(C)C1.[C-]#N.[C-]#N.[Co+2]. The Labute approximate surface area is 90.2 Å². The second kappa shape index (κ2) is 13.4. The first kappa shape index (κ1) is 17.8. The number of hydrogen-bond acceptors (Lipinski definition) is 4. The minimum absolute atomic E-state index is 0. The molecule has 1 aliphatic rings. The molecule has 0 spiro atoms. The molecule has 5 heteroatoms. The molecule has 0 atom stereocenters. The molecule has 0 aromatic rings. The minimum atomic E-state index is 0. The van der Waals surface area contributed by atoms with Gasteiger partial charge < -0.3 is 33.5 Å². The maximum absolute atomic E-state index is 6.25. The third kappa shape index (κ3) is 8.74. The van der Waals surface area contributed by atoms with Gasteiger partial charge in [0.2, 0.25) is 0 Å². The summed E-state index contributed by atoms with van der Waals surface area (Å²) in [6, 6.07) is 0. The summed E-state index contributed by atoms with van der Waals surface area (Å²) in [6.45, 7) is 13.8. The third-order valence-electron chi connectivity index (χ3n) is 1.34. The summed E-state index contributed by atoms with van der Waals surface area (Å²) in [7, 11) is 2.08. The molecule has 1 radical (unpaired) electrons. The molecule has 0 aromatic carbocycles. The van der Waals surface area contributed by atoms with E-state index < -0.39 is 0 Å². The van der Waals surface area contributed by atoms with Crippen molar-refractivity contribution in [2.75, 3.05) is 20.3 Å². The van der Waals surface area contributed by atoms with Crippen molar-refractivity contribution in [3.63, 3.8) is 0 Å². The molecule has 0 unspecified atom stereocenters. The summed E-state index contributed by atoms with van der Waals surface area (Å²) in [5.41, 5.74) is 0. The van der Waals surface area contributed by atoms with Crippen LogP contribution in [0.5, 0.6) is 0 Å². The Morgan fingerprint density at radius 2 is 1.69 bits per heavy atom. The molecule has 0 fully saturated rings. The molecule has 0 aromatic heterocycles. The van der Waals surface area contributed by atoms with Crippen LogP contribution < -0.4 is 0 Å². The predicted octanol–water partition coefficient (Wildman–Crippen LogP) is 0.873. The van der Waals surface area contributed by atoms with Gasteiger partial charge in [0.15, 0.2) is 0 Å². The topological polar surface area (TPSA) is 54.1 Å². The van der Waals surface area contributed by atoms with Gasteiger partial charge in [-0.3, -0.25) is 0 Å². The summed E-state index contributed by atoms with van der Waals surface area (Å²) < 4.78 is 0. The fourth-order valence-electron chi connectivity index (χ4n) is 0.794. The summed E-state index contributed by atoms with van der Waals surface area (Å²) in [6.07, 6.45) is 4.20. The van der Waals surface area contributed by atoms with E-state index in [0.717, 1.165) is 13.2 Å². The van der Waals surface area contributed by atoms with Gasteiger partial charge in [0.05, 0.1) is 6.67 Å². The van der Waals surface area contributed by atoms with Gasteiger partial charge in [0, 0.05) is 26.0 Å². The summed E-state index contributed by atoms with van der Waals surface area (Å²) in [5.74, 6) is 0. The van der Waals surface area contributed by atoms with Crippen molar-refractivity contribution in [1.82, 2.24) is 9.80 Å². The van der Waals surface area contributed by atoms with Crippen LogP contribution in [0.15, 0.2) is 12.4 Å². The van der Waals surface area contributed by atoms with Crippen molar-refractivity contribution in [2.45, 2.75) is 6.92 Å². The molecular weight excluding hydrogens is 211 g/mol.